The monoisotopic (exact) mass is 406 g/mol. The summed E-state index contributed by atoms with van der Waals surface area (Å²) in [6.07, 6.45) is 3.02. The summed E-state index contributed by atoms with van der Waals surface area (Å²) in [7, 11) is 0. The average Bonchev–Trinajstić information content (AvgIpc) is 2.53. The van der Waals surface area contributed by atoms with Crippen LogP contribution in [0.15, 0.2) is 51.1 Å². The van der Waals surface area contributed by atoms with Crippen molar-refractivity contribution in [2.24, 2.45) is 11.1 Å². The van der Waals surface area contributed by atoms with Gasteiger partial charge in [0.15, 0.2) is 5.78 Å². The maximum atomic E-state index is 12.2. The highest BCUT2D eigenvalue weighted by Crippen LogP contribution is 2.29. The molecule has 0 saturated carbocycles. The molecule has 0 spiro atoms. The molecule has 0 bridgehead atoms. The number of carbonyl (C=O) groups is 2. The van der Waals surface area contributed by atoms with E-state index in [9.17, 15) is 19.7 Å². The molecular formula is C17H15BrN2O5. The zero-order chi connectivity index (χ0) is 18.7. The third-order valence-electron chi connectivity index (χ3n) is 3.57. The van der Waals surface area contributed by atoms with Crippen LogP contribution in [0.3, 0.4) is 0 Å². The number of ketones is 1. The number of oxime groups is 1. The number of halogens is 1. The highest BCUT2D eigenvalue weighted by molar-refractivity contribution is 9.10. The number of hydrogen-bond donors (Lipinski definition) is 0. The van der Waals surface area contributed by atoms with E-state index in [4.69, 9.17) is 4.84 Å². The van der Waals surface area contributed by atoms with Gasteiger partial charge < -0.3 is 4.84 Å². The van der Waals surface area contributed by atoms with Crippen molar-refractivity contribution in [1.82, 2.24) is 0 Å². The van der Waals surface area contributed by atoms with Gasteiger partial charge in [0.25, 0.3) is 5.69 Å². The molecule has 1 aromatic rings. The van der Waals surface area contributed by atoms with Crippen molar-refractivity contribution >= 4 is 39.1 Å². The molecule has 130 valence electrons. The molecule has 0 unspecified atom stereocenters. The maximum Gasteiger partial charge on any atom is 0.367 e. The van der Waals surface area contributed by atoms with Gasteiger partial charge in [0.2, 0.25) is 0 Å². The van der Waals surface area contributed by atoms with Crippen molar-refractivity contribution in [3.05, 3.63) is 61.6 Å². The third-order valence-corrected chi connectivity index (χ3v) is 4.41. The number of nitro groups is 1. The third kappa shape index (κ3) is 4.08. The number of allylic oxidation sites excluding steroid dienone is 4. The topological polar surface area (TPSA) is 98.9 Å². The Labute approximate surface area is 152 Å². The summed E-state index contributed by atoms with van der Waals surface area (Å²) in [4.78, 5) is 39.3. The lowest BCUT2D eigenvalue weighted by molar-refractivity contribution is -0.385. The molecule has 8 heteroatoms. The average molecular weight is 407 g/mol. The molecule has 0 amide bonds. The first-order chi connectivity index (χ1) is 11.7. The SMILES string of the molecule is CC1=CC(=O)C(C(C)C)=C/C1=N/OC(=O)c1cccc([N+](=O)[O-])c1Br. The van der Waals surface area contributed by atoms with Gasteiger partial charge in [-0.2, -0.15) is 0 Å². The number of benzene rings is 1. The second-order valence-electron chi connectivity index (χ2n) is 5.70. The van der Waals surface area contributed by atoms with E-state index in [1.165, 1.54) is 24.3 Å². The molecular weight excluding hydrogens is 392 g/mol. The predicted octanol–water partition coefficient (Wildman–Crippen LogP) is 3.98. The van der Waals surface area contributed by atoms with Gasteiger partial charge in [-0.25, -0.2) is 4.79 Å². The van der Waals surface area contributed by atoms with Crippen LogP contribution >= 0.6 is 15.9 Å². The zero-order valence-electron chi connectivity index (χ0n) is 13.8. The Morgan fingerprint density at radius 3 is 2.60 bits per heavy atom. The van der Waals surface area contributed by atoms with E-state index >= 15 is 0 Å². The first-order valence-corrected chi connectivity index (χ1v) is 8.18. The van der Waals surface area contributed by atoms with Crippen LogP contribution in [0.1, 0.15) is 31.1 Å². The predicted molar refractivity (Wildman–Crippen MR) is 95.3 cm³/mol. The molecule has 0 N–H and O–H groups in total. The molecule has 1 aliphatic rings. The summed E-state index contributed by atoms with van der Waals surface area (Å²) in [5.41, 5.74) is 1.24. The standard InChI is InChI=1S/C17H15BrN2O5/c1-9(2)12-8-13(10(3)7-15(12)21)19-25-17(22)11-5-4-6-14(16(11)18)20(23)24/h4-9H,1-3H3/b19-13-. The molecule has 0 aromatic heterocycles. The van der Waals surface area contributed by atoms with Crippen LogP contribution in [0.25, 0.3) is 0 Å². The van der Waals surface area contributed by atoms with Crippen molar-refractivity contribution in [3.8, 4) is 0 Å². The van der Waals surface area contributed by atoms with Crippen molar-refractivity contribution in [1.29, 1.82) is 0 Å². The fourth-order valence-corrected chi connectivity index (χ4v) is 2.76. The van der Waals surface area contributed by atoms with E-state index in [1.807, 2.05) is 13.8 Å². The van der Waals surface area contributed by atoms with Gasteiger partial charge in [0, 0.05) is 11.6 Å². The number of hydrogen-bond acceptors (Lipinski definition) is 6. The summed E-state index contributed by atoms with van der Waals surface area (Å²) in [6, 6.07) is 4.04. The second-order valence-corrected chi connectivity index (χ2v) is 6.49. The number of nitrogens with zero attached hydrogens (tertiary/aromatic N) is 2. The summed E-state index contributed by atoms with van der Waals surface area (Å²) in [6.45, 7) is 5.44. The van der Waals surface area contributed by atoms with Crippen molar-refractivity contribution < 1.29 is 19.3 Å². The minimum atomic E-state index is -0.840. The van der Waals surface area contributed by atoms with E-state index in [-0.39, 0.29) is 27.4 Å². The van der Waals surface area contributed by atoms with Crippen LogP contribution < -0.4 is 0 Å². The van der Waals surface area contributed by atoms with E-state index in [2.05, 4.69) is 21.1 Å². The molecule has 7 nitrogen and oxygen atoms in total. The molecule has 0 aliphatic heterocycles. The molecule has 25 heavy (non-hydrogen) atoms. The molecule has 0 atom stereocenters. The molecule has 0 heterocycles. The number of carbonyl (C=O) groups excluding carboxylic acids is 2. The lowest BCUT2D eigenvalue weighted by Crippen LogP contribution is -2.16. The van der Waals surface area contributed by atoms with Gasteiger partial charge in [-0.1, -0.05) is 25.1 Å². The lowest BCUT2D eigenvalue weighted by atomic mass is 9.90. The quantitative estimate of drug-likeness (QED) is 0.325. The highest BCUT2D eigenvalue weighted by Gasteiger charge is 2.22. The summed E-state index contributed by atoms with van der Waals surface area (Å²) in [5.74, 6) is -0.935. The first kappa shape index (κ1) is 18.7. The first-order valence-electron chi connectivity index (χ1n) is 7.39. The minimum Gasteiger partial charge on any atom is -0.312 e. The van der Waals surface area contributed by atoms with Crippen LogP contribution in [0.5, 0.6) is 0 Å². The molecule has 0 fully saturated rings. The van der Waals surface area contributed by atoms with Crippen LogP contribution in [0.2, 0.25) is 0 Å². The van der Waals surface area contributed by atoms with Crippen LogP contribution in [-0.4, -0.2) is 22.4 Å². The van der Waals surface area contributed by atoms with E-state index in [1.54, 1.807) is 13.0 Å². The zero-order valence-corrected chi connectivity index (χ0v) is 15.4. The van der Waals surface area contributed by atoms with E-state index in [0.717, 1.165) is 0 Å². The smallest absolute Gasteiger partial charge is 0.312 e. The number of nitro benzene ring substituents is 1. The Morgan fingerprint density at radius 2 is 2.00 bits per heavy atom. The van der Waals surface area contributed by atoms with Gasteiger partial charge in [-0.05, 0) is 52.6 Å². The van der Waals surface area contributed by atoms with Crippen LogP contribution in [0.4, 0.5) is 5.69 Å². The normalized spacial score (nSPS) is 15.9. The molecule has 0 saturated heterocycles. The lowest BCUT2D eigenvalue weighted by Gasteiger charge is -2.14. The Kier molecular flexibility index (Phi) is 5.63. The molecule has 1 aromatic carbocycles. The summed E-state index contributed by atoms with van der Waals surface area (Å²) in [5, 5.41) is 14.7. The minimum absolute atomic E-state index is 0.00340. The number of rotatable bonds is 4. The fourth-order valence-electron chi connectivity index (χ4n) is 2.19. The fraction of sp³-hybridized carbons (Fsp3) is 0.235. The van der Waals surface area contributed by atoms with Gasteiger partial charge in [0.05, 0.1) is 10.5 Å². The Bertz CT molecular complexity index is 853. The van der Waals surface area contributed by atoms with Crippen molar-refractivity contribution in [2.45, 2.75) is 20.8 Å². The molecule has 0 radical (unpaired) electrons. The Morgan fingerprint density at radius 1 is 1.32 bits per heavy atom. The highest BCUT2D eigenvalue weighted by atomic mass is 79.9. The van der Waals surface area contributed by atoms with Crippen LogP contribution in [-0.2, 0) is 9.63 Å². The van der Waals surface area contributed by atoms with Crippen LogP contribution in [0, 0.1) is 16.0 Å². The van der Waals surface area contributed by atoms with Crippen molar-refractivity contribution in [3.63, 3.8) is 0 Å². The van der Waals surface area contributed by atoms with Gasteiger partial charge >= 0.3 is 5.97 Å². The Hall–Kier alpha value is -2.61. The van der Waals surface area contributed by atoms with Gasteiger partial charge in [0.1, 0.15) is 10.2 Å². The van der Waals surface area contributed by atoms with Crippen molar-refractivity contribution in [2.75, 3.05) is 0 Å². The van der Waals surface area contributed by atoms with Gasteiger partial charge in [-0.3, -0.25) is 14.9 Å². The Balaban J connectivity index is 2.29. The largest absolute Gasteiger partial charge is 0.367 e. The van der Waals surface area contributed by atoms with E-state index in [0.29, 0.717) is 16.9 Å². The maximum absolute atomic E-state index is 12.2. The molecule has 2 rings (SSSR count). The second kappa shape index (κ2) is 7.52. The van der Waals surface area contributed by atoms with Gasteiger partial charge in [-0.15, -0.1) is 0 Å². The summed E-state index contributed by atoms with van der Waals surface area (Å²) < 4.78 is 0.0229. The molecule has 1 aliphatic carbocycles. The summed E-state index contributed by atoms with van der Waals surface area (Å²) >= 11 is 3.04. The van der Waals surface area contributed by atoms with E-state index < -0.39 is 10.9 Å².